The highest BCUT2D eigenvalue weighted by atomic mass is 19.4. The van der Waals surface area contributed by atoms with Gasteiger partial charge in [-0.2, -0.15) is 31.3 Å². The summed E-state index contributed by atoms with van der Waals surface area (Å²) in [7, 11) is 0. The Balaban J connectivity index is 1.25. The second-order valence-corrected chi connectivity index (χ2v) is 10.3. The van der Waals surface area contributed by atoms with Crippen LogP contribution in [0.3, 0.4) is 0 Å². The van der Waals surface area contributed by atoms with Gasteiger partial charge in [-0.15, -0.1) is 10.2 Å². The van der Waals surface area contributed by atoms with Gasteiger partial charge >= 0.3 is 18.4 Å². The Morgan fingerprint density at radius 2 is 1.58 bits per heavy atom. The summed E-state index contributed by atoms with van der Waals surface area (Å²) in [5, 5.41) is 16.0. The van der Waals surface area contributed by atoms with Crippen molar-refractivity contribution in [2.45, 2.75) is 63.5 Å². The lowest BCUT2D eigenvalue weighted by Gasteiger charge is -2.37. The predicted molar refractivity (Wildman–Crippen MR) is 122 cm³/mol. The highest BCUT2D eigenvalue weighted by Gasteiger charge is 2.44. The van der Waals surface area contributed by atoms with Crippen LogP contribution in [0.25, 0.3) is 0 Å². The fraction of sp³-hybridized carbons (Fsp3) is 0.583. The van der Waals surface area contributed by atoms with Crippen molar-refractivity contribution in [1.29, 1.82) is 0 Å². The molecular formula is C24H25F6N7O. The quantitative estimate of drug-likeness (QED) is 0.451. The maximum Gasteiger partial charge on any atom is 0.416 e. The second-order valence-electron chi connectivity index (χ2n) is 10.3. The number of rotatable bonds is 4. The molecule has 2 fully saturated rings. The SMILES string of the molecule is Cc1nnc(N2CC3CC[C@@H](C2)C3Nc2nc3n(n2)CCCC3c2cc(C(F)(F)F)cc(C(F)(F)F)c2)o1. The van der Waals surface area contributed by atoms with Crippen molar-refractivity contribution in [2.24, 2.45) is 11.8 Å². The van der Waals surface area contributed by atoms with E-state index in [2.05, 4.69) is 30.5 Å². The molecule has 2 aromatic heterocycles. The Kier molecular flexibility index (Phi) is 5.83. The van der Waals surface area contributed by atoms with Crippen LogP contribution in [0.5, 0.6) is 0 Å². The molecule has 0 amide bonds. The van der Waals surface area contributed by atoms with E-state index in [9.17, 15) is 26.3 Å². The molecule has 2 bridgehead atoms. The van der Waals surface area contributed by atoms with E-state index in [1.165, 1.54) is 0 Å². The van der Waals surface area contributed by atoms with Crippen LogP contribution in [0, 0.1) is 18.8 Å². The summed E-state index contributed by atoms with van der Waals surface area (Å²) < 4.78 is 87.9. The number of anilines is 2. The van der Waals surface area contributed by atoms with Crippen molar-refractivity contribution in [3.63, 3.8) is 0 Å². The minimum atomic E-state index is -4.90. The third kappa shape index (κ3) is 4.57. The molecule has 1 aromatic carbocycles. The zero-order valence-corrected chi connectivity index (χ0v) is 20.4. The summed E-state index contributed by atoms with van der Waals surface area (Å²) in [5.74, 6) is 1.04. The molecule has 3 aromatic rings. The fourth-order valence-corrected chi connectivity index (χ4v) is 6.09. The van der Waals surface area contributed by atoms with E-state index in [-0.39, 0.29) is 29.5 Å². The highest BCUT2D eigenvalue weighted by molar-refractivity contribution is 5.40. The Bertz CT molecular complexity index is 1290. The molecule has 2 aliphatic heterocycles. The first-order valence-corrected chi connectivity index (χ1v) is 12.5. The third-order valence-electron chi connectivity index (χ3n) is 7.80. The monoisotopic (exact) mass is 541 g/mol. The van der Waals surface area contributed by atoms with Gasteiger partial charge in [0, 0.05) is 38.5 Å². The molecule has 14 heteroatoms. The molecule has 3 aliphatic rings. The molecule has 4 heterocycles. The summed E-state index contributed by atoms with van der Waals surface area (Å²) in [5.41, 5.74) is -2.70. The molecular weight excluding hydrogens is 516 g/mol. The highest BCUT2D eigenvalue weighted by Crippen LogP contribution is 2.42. The lowest BCUT2D eigenvalue weighted by atomic mass is 9.88. The first-order chi connectivity index (χ1) is 18.0. The number of nitrogens with one attached hydrogen (secondary N) is 1. The number of piperidine rings is 1. The number of aromatic nitrogens is 5. The Morgan fingerprint density at radius 3 is 2.16 bits per heavy atom. The maximum absolute atomic E-state index is 13.5. The molecule has 204 valence electrons. The molecule has 38 heavy (non-hydrogen) atoms. The average molecular weight is 542 g/mol. The average Bonchev–Trinajstić information content (AvgIpc) is 3.52. The fourth-order valence-electron chi connectivity index (χ4n) is 6.09. The van der Waals surface area contributed by atoms with Crippen molar-refractivity contribution in [3.05, 3.63) is 46.6 Å². The van der Waals surface area contributed by atoms with Gasteiger partial charge in [0.05, 0.1) is 11.1 Å². The number of hydrogen-bond donors (Lipinski definition) is 1. The van der Waals surface area contributed by atoms with Crippen LogP contribution in [0.2, 0.25) is 0 Å². The van der Waals surface area contributed by atoms with E-state index in [1.807, 2.05) is 0 Å². The van der Waals surface area contributed by atoms with E-state index in [0.717, 1.165) is 38.1 Å². The van der Waals surface area contributed by atoms with E-state index < -0.39 is 29.4 Å². The van der Waals surface area contributed by atoms with Crippen LogP contribution in [0.15, 0.2) is 22.6 Å². The van der Waals surface area contributed by atoms with Crippen LogP contribution in [-0.2, 0) is 18.9 Å². The first-order valence-electron chi connectivity index (χ1n) is 12.5. The smallest absolute Gasteiger partial charge is 0.408 e. The summed E-state index contributed by atoms with van der Waals surface area (Å²) >= 11 is 0. The molecule has 6 rings (SSSR count). The topological polar surface area (TPSA) is 84.9 Å². The van der Waals surface area contributed by atoms with Crippen molar-refractivity contribution in [3.8, 4) is 0 Å². The number of nitrogens with zero attached hydrogens (tertiary/aromatic N) is 6. The summed E-state index contributed by atoms with van der Waals surface area (Å²) in [6, 6.07) is 2.33. The van der Waals surface area contributed by atoms with Gasteiger partial charge in [0.1, 0.15) is 5.82 Å². The van der Waals surface area contributed by atoms with E-state index in [4.69, 9.17) is 4.42 Å². The summed E-state index contributed by atoms with van der Waals surface area (Å²) in [6.07, 6.45) is -6.88. The second kappa shape index (κ2) is 8.87. The van der Waals surface area contributed by atoms with Crippen molar-refractivity contribution in [1.82, 2.24) is 25.0 Å². The minimum absolute atomic E-state index is 0.0599. The van der Waals surface area contributed by atoms with E-state index >= 15 is 0 Å². The number of fused-ring (bicyclic) bond motifs is 3. The van der Waals surface area contributed by atoms with Crippen LogP contribution in [-0.4, -0.2) is 44.1 Å². The van der Waals surface area contributed by atoms with E-state index in [1.54, 1.807) is 11.6 Å². The molecule has 1 saturated carbocycles. The molecule has 1 N–H and O–H groups in total. The van der Waals surface area contributed by atoms with Gasteiger partial charge in [0.25, 0.3) is 0 Å². The maximum atomic E-state index is 13.5. The molecule has 4 atom stereocenters. The predicted octanol–water partition coefficient (Wildman–Crippen LogP) is 5.26. The van der Waals surface area contributed by atoms with Crippen molar-refractivity contribution >= 4 is 12.0 Å². The zero-order chi connectivity index (χ0) is 26.8. The summed E-state index contributed by atoms with van der Waals surface area (Å²) in [6.45, 7) is 3.67. The normalized spacial score (nSPS) is 25.5. The van der Waals surface area contributed by atoms with Crippen LogP contribution in [0.4, 0.5) is 38.3 Å². The van der Waals surface area contributed by atoms with Gasteiger partial charge in [-0.25, -0.2) is 4.68 Å². The Morgan fingerprint density at radius 1 is 0.921 bits per heavy atom. The third-order valence-corrected chi connectivity index (χ3v) is 7.80. The van der Waals surface area contributed by atoms with Gasteiger partial charge in [-0.1, -0.05) is 5.10 Å². The molecule has 0 spiro atoms. The van der Waals surface area contributed by atoms with E-state index in [0.29, 0.717) is 43.1 Å². The van der Waals surface area contributed by atoms with Crippen molar-refractivity contribution in [2.75, 3.05) is 23.3 Å². The number of halogens is 6. The van der Waals surface area contributed by atoms with Gasteiger partial charge in [-0.05, 0) is 61.3 Å². The lowest BCUT2D eigenvalue weighted by molar-refractivity contribution is -0.143. The number of aryl methyl sites for hydroxylation is 2. The van der Waals surface area contributed by atoms with Gasteiger partial charge in [0.2, 0.25) is 11.8 Å². The Hall–Kier alpha value is -3.32. The van der Waals surface area contributed by atoms with Crippen LogP contribution >= 0.6 is 0 Å². The zero-order valence-electron chi connectivity index (χ0n) is 20.4. The largest absolute Gasteiger partial charge is 0.416 e. The first kappa shape index (κ1) is 25.0. The molecule has 0 radical (unpaired) electrons. The lowest BCUT2D eigenvalue weighted by Crippen LogP contribution is -2.48. The Labute approximate surface area is 213 Å². The summed E-state index contributed by atoms with van der Waals surface area (Å²) in [4.78, 5) is 6.66. The number of benzene rings is 1. The molecule has 8 nitrogen and oxygen atoms in total. The van der Waals surface area contributed by atoms with Crippen LogP contribution in [0.1, 0.15) is 60.0 Å². The van der Waals surface area contributed by atoms with Gasteiger partial charge in [0.15, 0.2) is 0 Å². The minimum Gasteiger partial charge on any atom is -0.408 e. The molecule has 1 saturated heterocycles. The van der Waals surface area contributed by atoms with Crippen molar-refractivity contribution < 1.29 is 30.8 Å². The van der Waals surface area contributed by atoms with Crippen LogP contribution < -0.4 is 10.2 Å². The van der Waals surface area contributed by atoms with Gasteiger partial charge < -0.3 is 14.6 Å². The molecule has 3 unspecified atom stereocenters. The molecule has 1 aliphatic carbocycles. The number of hydrogen-bond acceptors (Lipinski definition) is 7. The number of alkyl halides is 6. The standard InChI is InChI=1S/C24H25F6N7O/c1-12-33-34-22(38-12)36-10-13-4-5-14(11-36)19(13)31-21-32-20-18(3-2-6-37(20)35-21)15-7-16(23(25,26)27)9-17(8-15)24(28,29)30/h7-9,13-14,18-19H,2-6,10-11H2,1H3,(H,31,35)/t13-,14?,18?,19?/m0/s1. The van der Waals surface area contributed by atoms with Gasteiger partial charge in [-0.3, -0.25) is 0 Å².